The van der Waals surface area contributed by atoms with E-state index in [1.807, 2.05) is 0 Å². The number of amides is 1. The molecule has 0 saturated carbocycles. The van der Waals surface area contributed by atoms with Crippen LogP contribution in [0.25, 0.3) is 0 Å². The topological polar surface area (TPSA) is 120 Å². The Labute approximate surface area is 226 Å². The van der Waals surface area contributed by atoms with Gasteiger partial charge in [0.1, 0.15) is 12.4 Å². The molecule has 11 heteroatoms. The van der Waals surface area contributed by atoms with Crippen LogP contribution in [0.15, 0.2) is 71.5 Å². The first kappa shape index (κ1) is 28.2. The second-order valence-corrected chi connectivity index (χ2v) is 8.33. The van der Waals surface area contributed by atoms with Gasteiger partial charge >= 0.3 is 5.97 Å². The second kappa shape index (κ2) is 13.8. The van der Waals surface area contributed by atoms with Gasteiger partial charge in [-0.1, -0.05) is 30.9 Å². The number of methoxy groups -OCH3 is 1. The summed E-state index contributed by atoms with van der Waals surface area (Å²) in [5, 5.41) is 10.4. The third-order valence-corrected chi connectivity index (χ3v) is 5.52. The zero-order valence-electron chi connectivity index (χ0n) is 21.4. The molecule has 0 unspecified atom stereocenters. The predicted octanol–water partition coefficient (Wildman–Crippen LogP) is 3.15. The van der Waals surface area contributed by atoms with E-state index in [1.54, 1.807) is 62.4 Å². The molecule has 38 heavy (non-hydrogen) atoms. The van der Waals surface area contributed by atoms with Crippen molar-refractivity contribution in [2.24, 2.45) is 5.10 Å². The molecule has 1 atom stereocenters. The van der Waals surface area contributed by atoms with Crippen molar-refractivity contribution < 1.29 is 28.5 Å². The maximum Gasteiger partial charge on any atom is 0.338 e. The van der Waals surface area contributed by atoms with Gasteiger partial charge in [-0.2, -0.15) is 5.10 Å². The van der Waals surface area contributed by atoms with E-state index in [9.17, 15) is 9.59 Å². The van der Waals surface area contributed by atoms with Crippen LogP contribution in [0.1, 0.15) is 31.0 Å². The highest BCUT2D eigenvalue weighted by Gasteiger charge is 2.32. The van der Waals surface area contributed by atoms with Crippen molar-refractivity contribution in [3.63, 3.8) is 0 Å². The molecule has 0 radical (unpaired) electrons. The van der Waals surface area contributed by atoms with Crippen LogP contribution in [0.2, 0.25) is 0 Å². The Balaban J connectivity index is 1.67. The van der Waals surface area contributed by atoms with Crippen LogP contribution in [0.3, 0.4) is 0 Å². The number of hydrogen-bond acceptors (Lipinski definition) is 8. The number of ether oxygens (including phenoxy) is 4. The molecule has 1 heterocycles. The van der Waals surface area contributed by atoms with Crippen molar-refractivity contribution >= 4 is 35.4 Å². The van der Waals surface area contributed by atoms with Crippen molar-refractivity contribution in [2.45, 2.75) is 19.9 Å². The van der Waals surface area contributed by atoms with E-state index in [2.05, 4.69) is 27.7 Å². The molecule has 1 aliphatic heterocycles. The van der Waals surface area contributed by atoms with Crippen LogP contribution < -0.4 is 30.3 Å². The van der Waals surface area contributed by atoms with Crippen molar-refractivity contribution in [3.05, 3.63) is 77.5 Å². The number of allylic oxidation sites excluding steroid dienone is 1. The average molecular weight is 539 g/mol. The number of carbonyl (C=O) groups is 2. The SMILES string of the molecule is C=CCOc1ccc(C=NNC(=O)COc2ccccc2[C@H]2NC(=S)NC(C)=C2C(=O)OCC)cc1OC. The van der Waals surface area contributed by atoms with E-state index >= 15 is 0 Å². The van der Waals surface area contributed by atoms with Crippen LogP contribution in [-0.2, 0) is 14.3 Å². The molecule has 0 saturated heterocycles. The summed E-state index contributed by atoms with van der Waals surface area (Å²) in [5.41, 5.74) is 4.71. The Morgan fingerprint density at radius 1 is 1.16 bits per heavy atom. The summed E-state index contributed by atoms with van der Waals surface area (Å²) >= 11 is 5.29. The zero-order chi connectivity index (χ0) is 27.5. The monoisotopic (exact) mass is 538 g/mol. The van der Waals surface area contributed by atoms with E-state index in [1.165, 1.54) is 13.3 Å². The summed E-state index contributed by atoms with van der Waals surface area (Å²) in [5.74, 6) is 0.556. The van der Waals surface area contributed by atoms with Gasteiger partial charge in [0, 0.05) is 11.3 Å². The number of rotatable bonds is 12. The molecule has 0 spiro atoms. The first-order valence-electron chi connectivity index (χ1n) is 11.8. The first-order chi connectivity index (χ1) is 18.4. The number of para-hydroxylation sites is 1. The van der Waals surface area contributed by atoms with Gasteiger partial charge in [0.25, 0.3) is 5.91 Å². The fourth-order valence-electron chi connectivity index (χ4n) is 3.64. The van der Waals surface area contributed by atoms with Gasteiger partial charge in [-0.25, -0.2) is 10.2 Å². The summed E-state index contributed by atoms with van der Waals surface area (Å²) < 4.78 is 21.9. The van der Waals surface area contributed by atoms with Crippen molar-refractivity contribution in [3.8, 4) is 17.2 Å². The molecule has 2 aromatic rings. The Morgan fingerprint density at radius 2 is 1.95 bits per heavy atom. The van der Waals surface area contributed by atoms with Crippen LogP contribution in [0.5, 0.6) is 17.2 Å². The van der Waals surface area contributed by atoms with E-state index in [-0.39, 0.29) is 13.2 Å². The van der Waals surface area contributed by atoms with E-state index < -0.39 is 17.9 Å². The number of hydrogen-bond donors (Lipinski definition) is 3. The molecule has 2 aromatic carbocycles. The highest BCUT2D eigenvalue weighted by Crippen LogP contribution is 2.33. The maximum absolute atomic E-state index is 12.7. The van der Waals surface area contributed by atoms with Gasteiger partial charge in [0.15, 0.2) is 23.2 Å². The average Bonchev–Trinajstić information content (AvgIpc) is 2.90. The molecule has 10 nitrogen and oxygen atoms in total. The lowest BCUT2D eigenvalue weighted by Crippen LogP contribution is -2.45. The zero-order valence-corrected chi connectivity index (χ0v) is 22.2. The molecule has 200 valence electrons. The second-order valence-electron chi connectivity index (χ2n) is 7.92. The van der Waals surface area contributed by atoms with Gasteiger partial charge < -0.3 is 29.6 Å². The Kier molecular flexibility index (Phi) is 10.2. The van der Waals surface area contributed by atoms with E-state index in [4.69, 9.17) is 31.2 Å². The van der Waals surface area contributed by atoms with Crippen molar-refractivity contribution in [1.29, 1.82) is 0 Å². The number of carbonyl (C=O) groups excluding carboxylic acids is 2. The molecule has 0 fully saturated rings. The number of esters is 1. The summed E-state index contributed by atoms with van der Waals surface area (Å²) in [4.78, 5) is 25.1. The van der Waals surface area contributed by atoms with Crippen LogP contribution >= 0.6 is 12.2 Å². The molecule has 1 aliphatic rings. The number of nitrogens with one attached hydrogen (secondary N) is 3. The Hall–Kier alpha value is -4.38. The van der Waals surface area contributed by atoms with Crippen molar-refractivity contribution in [1.82, 2.24) is 16.1 Å². The lowest BCUT2D eigenvalue weighted by atomic mass is 9.95. The number of benzene rings is 2. The lowest BCUT2D eigenvalue weighted by molar-refractivity contribution is -0.139. The van der Waals surface area contributed by atoms with E-state index in [0.717, 1.165) is 0 Å². The molecule has 3 rings (SSSR count). The lowest BCUT2D eigenvalue weighted by Gasteiger charge is -2.30. The predicted molar refractivity (Wildman–Crippen MR) is 147 cm³/mol. The maximum atomic E-state index is 12.7. The molecule has 0 bridgehead atoms. The fourth-order valence-corrected chi connectivity index (χ4v) is 3.91. The third kappa shape index (κ3) is 7.32. The van der Waals surface area contributed by atoms with Crippen LogP contribution in [0.4, 0.5) is 0 Å². The minimum Gasteiger partial charge on any atom is -0.493 e. The summed E-state index contributed by atoms with van der Waals surface area (Å²) in [6.45, 7) is 7.38. The normalized spacial score (nSPS) is 14.8. The molecular weight excluding hydrogens is 508 g/mol. The molecule has 0 aliphatic carbocycles. The van der Waals surface area contributed by atoms with Gasteiger partial charge in [-0.05, 0) is 55.9 Å². The van der Waals surface area contributed by atoms with Gasteiger partial charge in [0.2, 0.25) is 0 Å². The summed E-state index contributed by atoms with van der Waals surface area (Å²) in [6, 6.07) is 11.7. The standard InChI is InChI=1S/C27H30N4O6S/c1-5-13-36-21-12-11-18(14-22(21)34-4)15-28-31-23(32)16-37-20-10-8-7-9-19(20)25-24(26(33)35-6-2)17(3)29-27(38)30-25/h5,7-12,14-15,25H,1,6,13,16H2,2-4H3,(H,31,32)(H2,29,30,38)/t25-/m1/s1. The first-order valence-corrected chi connectivity index (χ1v) is 12.2. The van der Waals surface area contributed by atoms with Gasteiger partial charge in [0.05, 0.1) is 31.5 Å². The largest absolute Gasteiger partial charge is 0.493 e. The number of thiocarbonyl (C=S) groups is 1. The number of nitrogens with zero attached hydrogens (tertiary/aromatic N) is 1. The Morgan fingerprint density at radius 3 is 2.68 bits per heavy atom. The molecule has 0 aromatic heterocycles. The van der Waals surface area contributed by atoms with E-state index in [0.29, 0.717) is 51.4 Å². The smallest absolute Gasteiger partial charge is 0.338 e. The third-order valence-electron chi connectivity index (χ3n) is 5.30. The van der Waals surface area contributed by atoms with Crippen LogP contribution in [0, 0.1) is 0 Å². The highest BCUT2D eigenvalue weighted by atomic mass is 32.1. The minimum atomic E-state index is -0.617. The molecular formula is C27H30N4O6S. The fraction of sp³-hybridized carbons (Fsp3) is 0.259. The summed E-state index contributed by atoms with van der Waals surface area (Å²) in [6.07, 6.45) is 3.12. The summed E-state index contributed by atoms with van der Waals surface area (Å²) in [7, 11) is 1.54. The quantitative estimate of drug-likeness (QED) is 0.123. The molecule has 1 amide bonds. The Bertz CT molecular complexity index is 1260. The highest BCUT2D eigenvalue weighted by molar-refractivity contribution is 7.80. The minimum absolute atomic E-state index is 0.228. The van der Waals surface area contributed by atoms with Gasteiger partial charge in [-0.3, -0.25) is 4.79 Å². The van der Waals surface area contributed by atoms with Crippen molar-refractivity contribution in [2.75, 3.05) is 26.9 Å². The van der Waals surface area contributed by atoms with Gasteiger partial charge in [-0.15, -0.1) is 0 Å². The van der Waals surface area contributed by atoms with Crippen LogP contribution in [-0.4, -0.2) is 50.1 Å². The molecule has 3 N–H and O–H groups in total. The number of hydrazone groups is 1.